The van der Waals surface area contributed by atoms with E-state index in [1.807, 2.05) is 52.0 Å². The minimum absolute atomic E-state index is 0. The molecule has 2 N–H and O–H groups in total. The van der Waals surface area contributed by atoms with Crippen molar-refractivity contribution in [3.63, 3.8) is 0 Å². The van der Waals surface area contributed by atoms with Gasteiger partial charge in [-0.15, -0.1) is 0 Å². The Morgan fingerprint density at radius 3 is 1.62 bits per heavy atom. The number of aldehydes is 1. The minimum Gasteiger partial charge on any atom is -1.00 e. The second-order valence-corrected chi connectivity index (χ2v) is 9.30. The van der Waals surface area contributed by atoms with Crippen LogP contribution in [-0.2, 0) is 12.8 Å². The van der Waals surface area contributed by atoms with Gasteiger partial charge in [0.2, 0.25) is 0 Å². The number of nitrogens with zero attached hydrogens (tertiary/aromatic N) is 4. The summed E-state index contributed by atoms with van der Waals surface area (Å²) in [6.07, 6.45) is 8.97. The van der Waals surface area contributed by atoms with E-state index in [9.17, 15) is 4.79 Å². The Hall–Kier alpha value is -4.33. The molecular weight excluding hydrogens is 612 g/mol. The molecule has 0 fully saturated rings. The summed E-state index contributed by atoms with van der Waals surface area (Å²) in [5.74, 6) is 7.01. The molecule has 6 rings (SSSR count). The van der Waals surface area contributed by atoms with Gasteiger partial charge in [-0.1, -0.05) is 30.3 Å². The fraction of sp³-hybridized carbons (Fsp3) is 0.303. The largest absolute Gasteiger partial charge is 1.00 e. The van der Waals surface area contributed by atoms with Gasteiger partial charge in [0.05, 0.1) is 30.5 Å². The van der Waals surface area contributed by atoms with Gasteiger partial charge in [-0.2, -0.15) is 0 Å². The van der Waals surface area contributed by atoms with Crippen molar-refractivity contribution >= 4 is 32.3 Å². The summed E-state index contributed by atoms with van der Waals surface area (Å²) in [5, 5.41) is 10.8. The summed E-state index contributed by atoms with van der Waals surface area (Å²) in [6.45, 7) is 11.1. The van der Waals surface area contributed by atoms with Crippen LogP contribution in [0.5, 0.6) is 0 Å². The van der Waals surface area contributed by atoms with Crippen LogP contribution in [0.15, 0.2) is 86.8 Å². The van der Waals surface area contributed by atoms with Crippen molar-refractivity contribution in [3.8, 4) is 0 Å². The van der Waals surface area contributed by atoms with Gasteiger partial charge < -0.3 is 34.0 Å². The van der Waals surface area contributed by atoms with Crippen LogP contribution in [0.25, 0.3) is 0 Å². The molecule has 0 atom stereocenters. The van der Waals surface area contributed by atoms with E-state index >= 15 is 0 Å². The van der Waals surface area contributed by atoms with Crippen LogP contribution in [-0.4, -0.2) is 36.4 Å². The molecule has 0 saturated carbocycles. The van der Waals surface area contributed by atoms with Crippen molar-refractivity contribution in [2.75, 3.05) is 5.73 Å². The molecule has 247 valence electrons. The van der Waals surface area contributed by atoms with Crippen LogP contribution in [0.4, 0.5) is 11.4 Å². The summed E-state index contributed by atoms with van der Waals surface area (Å²) >= 11 is 0. The number of furan rings is 3. The van der Waals surface area contributed by atoms with Gasteiger partial charge in [0.15, 0.2) is 23.6 Å². The smallest absolute Gasteiger partial charge is 1.00 e. The predicted molar refractivity (Wildman–Crippen MR) is 179 cm³/mol. The second kappa shape index (κ2) is 23.1. The molecule has 6 aromatic heterocycles. The van der Waals surface area contributed by atoms with Crippen molar-refractivity contribution in [1.29, 1.82) is 0 Å². The molecule has 0 unspecified atom stereocenters. The van der Waals surface area contributed by atoms with Crippen LogP contribution >= 0.6 is 0 Å². The maximum atomic E-state index is 9.93. The zero-order valence-corrected chi connectivity index (χ0v) is 28.6. The topological polar surface area (TPSA) is 173 Å². The van der Waals surface area contributed by atoms with Crippen molar-refractivity contribution in [1.82, 2.24) is 15.5 Å². The zero-order chi connectivity index (χ0) is 31.2. The first-order valence-corrected chi connectivity index (χ1v) is 13.3. The van der Waals surface area contributed by atoms with Crippen LogP contribution in [0.2, 0.25) is 0 Å². The third-order valence-corrected chi connectivity index (χ3v) is 5.77. The molecule has 0 bridgehead atoms. The monoisotopic (exact) mass is 656 g/mol. The first-order valence-electron chi connectivity index (χ1n) is 13.3. The molecule has 6 heterocycles. The number of anilines is 1. The molecule has 0 aliphatic rings. The van der Waals surface area contributed by atoms with Crippen molar-refractivity contribution in [2.24, 2.45) is 4.99 Å². The van der Waals surface area contributed by atoms with Crippen LogP contribution in [0, 0.1) is 41.5 Å². The second-order valence-electron chi connectivity index (χ2n) is 9.30. The summed E-state index contributed by atoms with van der Waals surface area (Å²) in [6, 6.07) is 11.1. The van der Waals surface area contributed by atoms with E-state index in [2.05, 4.69) is 25.0 Å². The van der Waals surface area contributed by atoms with E-state index in [1.165, 1.54) is 6.20 Å². The number of carbonyl (C=O) groups excluding carboxylic acids is 1. The molecular formula is C33H44BN5NaO7. The van der Waals surface area contributed by atoms with E-state index < -0.39 is 0 Å². The van der Waals surface area contributed by atoms with Crippen LogP contribution in [0.3, 0.4) is 0 Å². The number of rotatable bonds is 6. The van der Waals surface area contributed by atoms with E-state index in [0.717, 1.165) is 58.7 Å². The van der Waals surface area contributed by atoms with Crippen molar-refractivity contribution < 1.29 is 62.6 Å². The maximum absolute atomic E-state index is 9.93. The average molecular weight is 657 g/mol. The normalized spacial score (nSPS) is 9.49. The maximum Gasteiger partial charge on any atom is 1.00 e. The third kappa shape index (κ3) is 15.7. The summed E-state index contributed by atoms with van der Waals surface area (Å²) in [4.78, 5) is 14.1. The average Bonchev–Trinajstić information content (AvgIpc) is 3.84. The predicted octanol–water partition coefficient (Wildman–Crippen LogP) is 5.28. The van der Waals surface area contributed by atoms with Gasteiger partial charge in [-0.25, -0.2) is 4.99 Å². The third-order valence-electron chi connectivity index (χ3n) is 5.77. The number of aromatic nitrogens is 3. The minimum atomic E-state index is 0. The SMILES string of the molecule is C.C.Cc1ccc(C=Nc2cnoc2C)o1.Cc1ccc(C=O)o1.Cc1ccc(CCc2cnoc2C)o1.Cc1oncc1N.[B].[H-].[Na+]. The van der Waals surface area contributed by atoms with Gasteiger partial charge in [-0.05, 0) is 84.4 Å². The standard InChI is InChI=1S/C11H13NO2.C10H10N2O2.C6H6O2.C4H6N2O.2CH4.B.Na.H/c1-8-3-5-11(13-8)6-4-10-7-12-14-9(10)2;1-7-3-4-9(13-7)5-11-10-6-12-14-8(10)2;1-5-2-3-6(4-7)8-5;1-3-4(5)2-6-7-3;;;;;/h3,5,7H,4,6H2,1-2H3;3-6H,1-2H3;2-4H,1H3;2H,5H2,1H3;2*1H4;;;/q;;;;;;;+1;-1. The molecule has 3 radical (unpaired) electrons. The Bertz CT molecular complexity index is 1700. The summed E-state index contributed by atoms with van der Waals surface area (Å²) in [7, 11) is 0. The van der Waals surface area contributed by atoms with Gasteiger partial charge in [0, 0.05) is 20.4 Å². The number of nitrogens with two attached hydrogens (primary N) is 1. The molecule has 14 heteroatoms. The Kier molecular flexibility index (Phi) is 22.0. The molecule has 0 aliphatic carbocycles. The van der Waals surface area contributed by atoms with Crippen LogP contribution in [0.1, 0.15) is 78.5 Å². The van der Waals surface area contributed by atoms with Crippen molar-refractivity contribution in [3.05, 3.63) is 112 Å². The zero-order valence-electron chi connectivity index (χ0n) is 27.6. The number of hydrogen-bond acceptors (Lipinski definition) is 12. The Morgan fingerprint density at radius 1 is 0.702 bits per heavy atom. The number of carbonyl (C=O) groups is 1. The van der Waals surface area contributed by atoms with Gasteiger partial charge in [0.1, 0.15) is 40.2 Å². The fourth-order valence-electron chi connectivity index (χ4n) is 3.33. The van der Waals surface area contributed by atoms with E-state index in [0.29, 0.717) is 29.3 Å². The van der Waals surface area contributed by atoms with E-state index in [-0.39, 0.29) is 54.3 Å². The molecule has 0 spiro atoms. The number of aliphatic imine (C=N–C) groups is 1. The van der Waals surface area contributed by atoms with Crippen molar-refractivity contribution in [2.45, 2.75) is 69.2 Å². The molecule has 0 saturated heterocycles. The first kappa shape index (κ1) is 44.8. The van der Waals surface area contributed by atoms with Gasteiger partial charge in [-0.3, -0.25) is 4.79 Å². The van der Waals surface area contributed by atoms with Crippen LogP contribution < -0.4 is 35.3 Å². The summed E-state index contributed by atoms with van der Waals surface area (Å²) < 4.78 is 30.1. The molecule has 12 nitrogen and oxygen atoms in total. The Labute approximate surface area is 301 Å². The van der Waals surface area contributed by atoms with Gasteiger partial charge in [0.25, 0.3) is 0 Å². The molecule has 0 aromatic carbocycles. The fourth-order valence-corrected chi connectivity index (χ4v) is 3.33. The molecule has 47 heavy (non-hydrogen) atoms. The Morgan fingerprint density at radius 2 is 1.23 bits per heavy atom. The van der Waals surface area contributed by atoms with Gasteiger partial charge >= 0.3 is 29.6 Å². The number of hydrogen-bond donors (Lipinski definition) is 1. The molecule has 6 aromatic rings. The first-order chi connectivity index (χ1) is 20.6. The van der Waals surface area contributed by atoms with E-state index in [1.54, 1.807) is 44.6 Å². The number of aryl methyl sites for hydroxylation is 8. The quantitative estimate of drug-likeness (QED) is 0.140. The molecule has 0 amide bonds. The Balaban J connectivity index is -0.000000564. The summed E-state index contributed by atoms with van der Waals surface area (Å²) in [5.41, 5.74) is 7.77. The van der Waals surface area contributed by atoms with E-state index in [4.69, 9.17) is 28.0 Å². The number of nitrogen functional groups attached to an aromatic ring is 1. The molecule has 0 aliphatic heterocycles.